The molecule has 0 radical (unpaired) electrons. The van der Waals surface area contributed by atoms with Crippen LogP contribution in [0.3, 0.4) is 0 Å². The molecule has 3 aromatic rings. The van der Waals surface area contributed by atoms with E-state index in [9.17, 15) is 0 Å². The molecule has 3 rings (SSSR count). The molecular formula is C16H16N2O. The Labute approximate surface area is 112 Å². The first-order valence-corrected chi connectivity index (χ1v) is 6.37. The molecule has 0 saturated carbocycles. The van der Waals surface area contributed by atoms with Gasteiger partial charge < -0.3 is 4.42 Å². The maximum Gasteiger partial charge on any atom is 0.247 e. The lowest BCUT2D eigenvalue weighted by Crippen LogP contribution is -2.11. The molecule has 0 atom stereocenters. The first-order valence-electron chi connectivity index (χ1n) is 6.37. The van der Waals surface area contributed by atoms with Gasteiger partial charge in [-0.1, -0.05) is 51.1 Å². The molecule has 1 aromatic heterocycles. The minimum absolute atomic E-state index is 0.123. The third kappa shape index (κ3) is 2.24. The topological polar surface area (TPSA) is 38.9 Å². The van der Waals surface area contributed by atoms with Crippen molar-refractivity contribution in [2.75, 3.05) is 0 Å². The molecule has 19 heavy (non-hydrogen) atoms. The molecule has 0 aliphatic heterocycles. The second kappa shape index (κ2) is 4.19. The van der Waals surface area contributed by atoms with Crippen molar-refractivity contribution in [3.8, 4) is 11.5 Å². The van der Waals surface area contributed by atoms with Crippen LogP contribution in [0.1, 0.15) is 26.7 Å². The minimum Gasteiger partial charge on any atom is -0.420 e. The maximum atomic E-state index is 5.76. The summed E-state index contributed by atoms with van der Waals surface area (Å²) in [6, 6.07) is 14.4. The van der Waals surface area contributed by atoms with Gasteiger partial charge in [0.2, 0.25) is 11.8 Å². The van der Waals surface area contributed by atoms with Crippen molar-refractivity contribution < 1.29 is 4.42 Å². The third-order valence-electron chi connectivity index (χ3n) is 3.06. The van der Waals surface area contributed by atoms with Crippen LogP contribution in [0.4, 0.5) is 0 Å². The van der Waals surface area contributed by atoms with Gasteiger partial charge in [0.15, 0.2) is 0 Å². The summed E-state index contributed by atoms with van der Waals surface area (Å²) in [6.45, 7) is 6.18. The highest BCUT2D eigenvalue weighted by atomic mass is 16.4. The zero-order chi connectivity index (χ0) is 13.5. The number of rotatable bonds is 1. The lowest BCUT2D eigenvalue weighted by Gasteiger charge is -2.10. The first-order chi connectivity index (χ1) is 9.04. The van der Waals surface area contributed by atoms with Crippen LogP contribution in [0, 0.1) is 0 Å². The summed E-state index contributed by atoms with van der Waals surface area (Å²) in [6.07, 6.45) is 0. The zero-order valence-corrected chi connectivity index (χ0v) is 11.3. The van der Waals surface area contributed by atoms with Crippen LogP contribution in [0.15, 0.2) is 46.9 Å². The molecule has 0 bridgehead atoms. The van der Waals surface area contributed by atoms with Crippen molar-refractivity contribution in [1.29, 1.82) is 0 Å². The van der Waals surface area contributed by atoms with Crippen LogP contribution in [-0.2, 0) is 5.41 Å². The lowest BCUT2D eigenvalue weighted by molar-refractivity contribution is 0.399. The van der Waals surface area contributed by atoms with Crippen LogP contribution >= 0.6 is 0 Å². The molecule has 96 valence electrons. The number of fused-ring (bicyclic) bond motifs is 1. The molecule has 3 nitrogen and oxygen atoms in total. The summed E-state index contributed by atoms with van der Waals surface area (Å²) in [7, 11) is 0. The largest absolute Gasteiger partial charge is 0.420 e. The average molecular weight is 252 g/mol. The van der Waals surface area contributed by atoms with E-state index >= 15 is 0 Å². The van der Waals surface area contributed by atoms with Gasteiger partial charge in [-0.3, -0.25) is 0 Å². The summed E-state index contributed by atoms with van der Waals surface area (Å²) >= 11 is 0. The molecule has 3 heteroatoms. The molecule has 1 heterocycles. The predicted octanol–water partition coefficient (Wildman–Crippen LogP) is 4.19. The second-order valence-corrected chi connectivity index (χ2v) is 5.72. The number of hydrogen-bond acceptors (Lipinski definition) is 3. The van der Waals surface area contributed by atoms with Crippen LogP contribution in [0.5, 0.6) is 0 Å². The minimum atomic E-state index is -0.123. The Kier molecular flexibility index (Phi) is 2.63. The van der Waals surface area contributed by atoms with Crippen LogP contribution in [0.2, 0.25) is 0 Å². The Hall–Kier alpha value is -2.16. The Morgan fingerprint density at radius 3 is 2.32 bits per heavy atom. The molecular weight excluding hydrogens is 236 g/mol. The zero-order valence-electron chi connectivity index (χ0n) is 11.3. The number of benzene rings is 2. The smallest absolute Gasteiger partial charge is 0.247 e. The van der Waals surface area contributed by atoms with E-state index in [1.807, 2.05) is 18.2 Å². The number of aromatic nitrogens is 2. The van der Waals surface area contributed by atoms with Crippen molar-refractivity contribution in [2.24, 2.45) is 0 Å². The third-order valence-corrected chi connectivity index (χ3v) is 3.06. The summed E-state index contributed by atoms with van der Waals surface area (Å²) in [5.74, 6) is 1.24. The van der Waals surface area contributed by atoms with Crippen molar-refractivity contribution in [1.82, 2.24) is 10.2 Å². The highest BCUT2D eigenvalue weighted by Crippen LogP contribution is 2.27. The fourth-order valence-corrected chi connectivity index (χ4v) is 1.97. The van der Waals surface area contributed by atoms with E-state index in [-0.39, 0.29) is 5.41 Å². The monoisotopic (exact) mass is 252 g/mol. The molecule has 0 amide bonds. The average Bonchev–Trinajstić information content (AvgIpc) is 2.87. The van der Waals surface area contributed by atoms with E-state index in [1.54, 1.807) is 0 Å². The lowest BCUT2D eigenvalue weighted by atomic mass is 9.97. The van der Waals surface area contributed by atoms with Gasteiger partial charge in [0.1, 0.15) is 0 Å². The maximum absolute atomic E-state index is 5.76. The van der Waals surface area contributed by atoms with Gasteiger partial charge in [-0.05, 0) is 22.9 Å². The predicted molar refractivity (Wildman–Crippen MR) is 75.9 cm³/mol. The normalized spacial score (nSPS) is 11.9. The standard InChI is InChI=1S/C16H16N2O/c1-16(2,3)15-18-17-14(19-15)13-9-8-11-6-4-5-7-12(11)10-13/h4-10H,1-3H3. The Bertz CT molecular complexity index is 723. The van der Waals surface area contributed by atoms with Gasteiger partial charge in [0, 0.05) is 11.0 Å². The van der Waals surface area contributed by atoms with E-state index in [2.05, 4.69) is 55.2 Å². The summed E-state index contributed by atoms with van der Waals surface area (Å²) < 4.78 is 5.76. The van der Waals surface area contributed by atoms with Gasteiger partial charge in [0.25, 0.3) is 0 Å². The number of nitrogens with zero attached hydrogens (tertiary/aromatic N) is 2. The fraction of sp³-hybridized carbons (Fsp3) is 0.250. The summed E-state index contributed by atoms with van der Waals surface area (Å²) in [4.78, 5) is 0. The van der Waals surface area contributed by atoms with Crippen LogP contribution in [-0.4, -0.2) is 10.2 Å². The van der Waals surface area contributed by atoms with Crippen molar-refractivity contribution in [3.63, 3.8) is 0 Å². The van der Waals surface area contributed by atoms with Crippen molar-refractivity contribution in [2.45, 2.75) is 26.2 Å². The molecule has 0 spiro atoms. The first kappa shape index (κ1) is 11.9. The van der Waals surface area contributed by atoms with Crippen molar-refractivity contribution in [3.05, 3.63) is 48.4 Å². The van der Waals surface area contributed by atoms with E-state index in [4.69, 9.17) is 4.42 Å². The van der Waals surface area contributed by atoms with Crippen molar-refractivity contribution >= 4 is 10.8 Å². The molecule has 2 aromatic carbocycles. The summed E-state index contributed by atoms with van der Waals surface area (Å²) in [5, 5.41) is 10.7. The van der Waals surface area contributed by atoms with Crippen LogP contribution in [0.25, 0.3) is 22.2 Å². The van der Waals surface area contributed by atoms with Gasteiger partial charge in [-0.15, -0.1) is 10.2 Å². The molecule has 0 aliphatic rings. The SMILES string of the molecule is CC(C)(C)c1nnc(-c2ccc3ccccc3c2)o1. The van der Waals surface area contributed by atoms with E-state index in [1.165, 1.54) is 10.8 Å². The Morgan fingerprint density at radius 1 is 0.895 bits per heavy atom. The molecule has 0 N–H and O–H groups in total. The van der Waals surface area contributed by atoms with Crippen LogP contribution < -0.4 is 0 Å². The molecule has 0 unspecified atom stereocenters. The number of hydrogen-bond donors (Lipinski definition) is 0. The van der Waals surface area contributed by atoms with Gasteiger partial charge in [0.05, 0.1) is 0 Å². The van der Waals surface area contributed by atoms with E-state index < -0.39 is 0 Å². The molecule has 0 saturated heterocycles. The highest BCUT2D eigenvalue weighted by molar-refractivity contribution is 5.86. The Morgan fingerprint density at radius 2 is 1.63 bits per heavy atom. The fourth-order valence-electron chi connectivity index (χ4n) is 1.97. The van der Waals surface area contributed by atoms with Gasteiger partial charge in [-0.25, -0.2) is 0 Å². The van der Waals surface area contributed by atoms with Gasteiger partial charge in [-0.2, -0.15) is 0 Å². The van der Waals surface area contributed by atoms with E-state index in [0.29, 0.717) is 11.8 Å². The highest BCUT2D eigenvalue weighted by Gasteiger charge is 2.21. The van der Waals surface area contributed by atoms with E-state index in [0.717, 1.165) is 5.56 Å². The molecule has 0 fully saturated rings. The van der Waals surface area contributed by atoms with Gasteiger partial charge >= 0.3 is 0 Å². The second-order valence-electron chi connectivity index (χ2n) is 5.72. The Balaban J connectivity index is 2.07. The summed E-state index contributed by atoms with van der Waals surface area (Å²) in [5.41, 5.74) is 0.837. The quantitative estimate of drug-likeness (QED) is 0.652. The molecule has 0 aliphatic carbocycles.